The fourth-order valence-electron chi connectivity index (χ4n) is 1.84. The van der Waals surface area contributed by atoms with Crippen LogP contribution in [0.2, 0.25) is 0 Å². The SMILES string of the molecule is O=[N+]([O-])c1ccc(C2=C(O)CCCC2)nc1. The summed E-state index contributed by atoms with van der Waals surface area (Å²) in [6.45, 7) is 0. The summed E-state index contributed by atoms with van der Waals surface area (Å²) in [5.41, 5.74) is 1.43. The van der Waals surface area contributed by atoms with Gasteiger partial charge in [-0.25, -0.2) is 4.98 Å². The van der Waals surface area contributed by atoms with Crippen LogP contribution in [-0.4, -0.2) is 15.0 Å². The number of aliphatic hydroxyl groups is 1. The maximum Gasteiger partial charge on any atom is 0.287 e. The number of aliphatic hydroxyl groups excluding tert-OH is 1. The first kappa shape index (κ1) is 10.6. The van der Waals surface area contributed by atoms with Crippen LogP contribution in [-0.2, 0) is 0 Å². The predicted octanol–water partition coefficient (Wildman–Crippen LogP) is 2.83. The van der Waals surface area contributed by atoms with Gasteiger partial charge in [-0.3, -0.25) is 10.1 Å². The van der Waals surface area contributed by atoms with Gasteiger partial charge in [-0.05, 0) is 25.3 Å². The predicted molar refractivity (Wildman–Crippen MR) is 58.9 cm³/mol. The molecule has 1 aliphatic rings. The Hall–Kier alpha value is -1.91. The Morgan fingerprint density at radius 3 is 2.62 bits per heavy atom. The van der Waals surface area contributed by atoms with Crippen LogP contribution in [0.5, 0.6) is 0 Å². The van der Waals surface area contributed by atoms with Crippen molar-refractivity contribution in [3.63, 3.8) is 0 Å². The zero-order valence-corrected chi connectivity index (χ0v) is 8.72. The summed E-state index contributed by atoms with van der Waals surface area (Å²) >= 11 is 0. The lowest BCUT2D eigenvalue weighted by molar-refractivity contribution is -0.385. The van der Waals surface area contributed by atoms with Crippen LogP contribution in [0.1, 0.15) is 31.4 Å². The summed E-state index contributed by atoms with van der Waals surface area (Å²) in [7, 11) is 0. The Morgan fingerprint density at radius 1 is 1.31 bits per heavy atom. The Kier molecular flexibility index (Phi) is 2.85. The van der Waals surface area contributed by atoms with Crippen LogP contribution in [0.25, 0.3) is 5.57 Å². The highest BCUT2D eigenvalue weighted by Gasteiger charge is 2.15. The summed E-state index contributed by atoms with van der Waals surface area (Å²) in [4.78, 5) is 14.0. The van der Waals surface area contributed by atoms with Gasteiger partial charge in [-0.15, -0.1) is 0 Å². The first-order valence-electron chi connectivity index (χ1n) is 5.20. The fourth-order valence-corrected chi connectivity index (χ4v) is 1.84. The monoisotopic (exact) mass is 220 g/mol. The first-order valence-corrected chi connectivity index (χ1v) is 5.20. The molecule has 1 N–H and O–H groups in total. The third-order valence-electron chi connectivity index (χ3n) is 2.71. The van der Waals surface area contributed by atoms with Crippen LogP contribution in [0.3, 0.4) is 0 Å². The van der Waals surface area contributed by atoms with Crippen molar-refractivity contribution in [3.05, 3.63) is 39.9 Å². The molecule has 84 valence electrons. The molecule has 0 aromatic carbocycles. The number of hydrogen-bond donors (Lipinski definition) is 1. The molecule has 0 bridgehead atoms. The standard InChI is InChI=1S/C11H12N2O3/c14-11-4-2-1-3-9(11)10-6-5-8(7-12-10)13(15)16/h5-7,14H,1-4H2. The normalized spacial score (nSPS) is 16.2. The maximum atomic E-state index is 10.5. The lowest BCUT2D eigenvalue weighted by Gasteiger charge is -2.15. The molecule has 1 aromatic heterocycles. The molecule has 16 heavy (non-hydrogen) atoms. The van der Waals surface area contributed by atoms with Crippen molar-refractivity contribution in [3.8, 4) is 0 Å². The molecule has 1 aliphatic carbocycles. The lowest BCUT2D eigenvalue weighted by Crippen LogP contribution is -2.01. The van der Waals surface area contributed by atoms with E-state index in [0.29, 0.717) is 17.9 Å². The third kappa shape index (κ3) is 2.03. The number of nitrogens with zero attached hydrogens (tertiary/aromatic N) is 2. The van der Waals surface area contributed by atoms with E-state index >= 15 is 0 Å². The molecule has 5 heteroatoms. The van der Waals surface area contributed by atoms with Gasteiger partial charge < -0.3 is 5.11 Å². The quantitative estimate of drug-likeness (QED) is 0.614. The molecule has 0 radical (unpaired) electrons. The maximum absolute atomic E-state index is 10.5. The largest absolute Gasteiger partial charge is 0.512 e. The summed E-state index contributed by atoms with van der Waals surface area (Å²) < 4.78 is 0. The molecular weight excluding hydrogens is 208 g/mol. The summed E-state index contributed by atoms with van der Waals surface area (Å²) in [5, 5.41) is 20.2. The van der Waals surface area contributed by atoms with Crippen LogP contribution < -0.4 is 0 Å². The van der Waals surface area contributed by atoms with Crippen LogP contribution in [0, 0.1) is 10.1 Å². The molecule has 1 heterocycles. The number of nitro groups is 1. The molecule has 0 unspecified atom stereocenters. The zero-order chi connectivity index (χ0) is 11.5. The van der Waals surface area contributed by atoms with Gasteiger partial charge in [-0.1, -0.05) is 0 Å². The van der Waals surface area contributed by atoms with Gasteiger partial charge in [-0.2, -0.15) is 0 Å². The Bertz CT molecular complexity index is 437. The Labute approximate surface area is 92.6 Å². The number of rotatable bonds is 2. The highest BCUT2D eigenvalue weighted by Crippen LogP contribution is 2.30. The van der Waals surface area contributed by atoms with E-state index in [2.05, 4.69) is 4.98 Å². The highest BCUT2D eigenvalue weighted by molar-refractivity contribution is 5.65. The minimum Gasteiger partial charge on any atom is -0.512 e. The van der Waals surface area contributed by atoms with E-state index in [1.54, 1.807) is 6.07 Å². The van der Waals surface area contributed by atoms with E-state index in [9.17, 15) is 15.2 Å². The van der Waals surface area contributed by atoms with E-state index in [1.807, 2.05) is 0 Å². The van der Waals surface area contributed by atoms with Gasteiger partial charge >= 0.3 is 0 Å². The molecule has 1 aromatic rings. The average molecular weight is 220 g/mol. The molecule has 0 saturated carbocycles. The second-order valence-corrected chi connectivity index (χ2v) is 3.79. The van der Waals surface area contributed by atoms with Crippen molar-refractivity contribution in [2.24, 2.45) is 0 Å². The molecule has 0 atom stereocenters. The van der Waals surface area contributed by atoms with Crippen LogP contribution in [0.15, 0.2) is 24.1 Å². The number of aromatic nitrogens is 1. The number of allylic oxidation sites excluding steroid dienone is 2. The van der Waals surface area contributed by atoms with Crippen molar-refractivity contribution >= 4 is 11.3 Å². The van der Waals surface area contributed by atoms with Gasteiger partial charge in [0.15, 0.2) is 0 Å². The molecule has 5 nitrogen and oxygen atoms in total. The summed E-state index contributed by atoms with van der Waals surface area (Å²) in [6.07, 6.45) is 4.70. The minimum absolute atomic E-state index is 0.0281. The van der Waals surface area contributed by atoms with Crippen LogP contribution >= 0.6 is 0 Å². The van der Waals surface area contributed by atoms with Crippen molar-refractivity contribution in [1.82, 2.24) is 4.98 Å². The molecule has 0 aliphatic heterocycles. The van der Waals surface area contributed by atoms with E-state index in [0.717, 1.165) is 24.8 Å². The Morgan fingerprint density at radius 2 is 2.06 bits per heavy atom. The van der Waals surface area contributed by atoms with E-state index in [1.165, 1.54) is 12.3 Å². The highest BCUT2D eigenvalue weighted by atomic mass is 16.6. The van der Waals surface area contributed by atoms with Gasteiger partial charge in [0, 0.05) is 18.1 Å². The lowest BCUT2D eigenvalue weighted by atomic mass is 9.95. The van der Waals surface area contributed by atoms with E-state index in [-0.39, 0.29) is 5.69 Å². The second-order valence-electron chi connectivity index (χ2n) is 3.79. The fraction of sp³-hybridized carbons (Fsp3) is 0.364. The summed E-state index contributed by atoms with van der Waals surface area (Å²) in [5.74, 6) is 0.368. The van der Waals surface area contributed by atoms with Crippen molar-refractivity contribution in [1.29, 1.82) is 0 Å². The smallest absolute Gasteiger partial charge is 0.287 e. The van der Waals surface area contributed by atoms with Crippen molar-refractivity contribution in [2.75, 3.05) is 0 Å². The van der Waals surface area contributed by atoms with Gasteiger partial charge in [0.25, 0.3) is 5.69 Å². The van der Waals surface area contributed by atoms with Gasteiger partial charge in [0.2, 0.25) is 0 Å². The summed E-state index contributed by atoms with van der Waals surface area (Å²) in [6, 6.07) is 3.01. The topological polar surface area (TPSA) is 76.3 Å². The van der Waals surface area contributed by atoms with Gasteiger partial charge in [0.1, 0.15) is 6.20 Å². The third-order valence-corrected chi connectivity index (χ3v) is 2.71. The minimum atomic E-state index is -0.480. The second kappa shape index (κ2) is 4.30. The Balaban J connectivity index is 2.31. The molecule has 2 rings (SSSR count). The molecule has 0 amide bonds. The number of hydrogen-bond acceptors (Lipinski definition) is 4. The van der Waals surface area contributed by atoms with Crippen molar-refractivity contribution < 1.29 is 10.0 Å². The first-order chi connectivity index (χ1) is 7.68. The van der Waals surface area contributed by atoms with Gasteiger partial charge in [0.05, 0.1) is 16.4 Å². The van der Waals surface area contributed by atoms with Crippen molar-refractivity contribution in [2.45, 2.75) is 25.7 Å². The molecule has 0 saturated heterocycles. The molecule has 0 fully saturated rings. The molecular formula is C11H12N2O3. The average Bonchev–Trinajstić information content (AvgIpc) is 2.30. The van der Waals surface area contributed by atoms with Crippen LogP contribution in [0.4, 0.5) is 5.69 Å². The number of pyridine rings is 1. The van der Waals surface area contributed by atoms with E-state index in [4.69, 9.17) is 0 Å². The zero-order valence-electron chi connectivity index (χ0n) is 8.72. The van der Waals surface area contributed by atoms with E-state index < -0.39 is 4.92 Å². The molecule has 0 spiro atoms.